The number of nitrogens with two attached hydrogens (primary N) is 1. The Morgan fingerprint density at radius 2 is 1.93 bits per heavy atom. The van der Waals surface area contributed by atoms with E-state index < -0.39 is 10.0 Å². The van der Waals surface area contributed by atoms with Gasteiger partial charge in [0.1, 0.15) is 0 Å². The fourth-order valence-corrected chi connectivity index (χ4v) is 3.49. The van der Waals surface area contributed by atoms with Crippen LogP contribution in [0.4, 0.5) is 0 Å². The molecule has 0 bridgehead atoms. The maximum atomic E-state index is 11.5. The summed E-state index contributed by atoms with van der Waals surface area (Å²) in [4.78, 5) is 0. The first-order valence-corrected chi connectivity index (χ1v) is 6.86. The van der Waals surface area contributed by atoms with Crippen molar-refractivity contribution in [1.82, 2.24) is 4.72 Å². The average Bonchev–Trinajstić information content (AvgIpc) is 2.89. The lowest BCUT2D eigenvalue weighted by Gasteiger charge is -2.10. The molecule has 0 aliphatic heterocycles. The Morgan fingerprint density at radius 1 is 1.21 bits per heavy atom. The van der Waals surface area contributed by atoms with Gasteiger partial charge in [-0.25, -0.2) is 13.1 Å². The van der Waals surface area contributed by atoms with Gasteiger partial charge in [-0.15, -0.1) is 0 Å². The van der Waals surface area contributed by atoms with Crippen molar-refractivity contribution in [2.24, 2.45) is 11.7 Å². The number of rotatable bonds is 4. The maximum Gasteiger partial charge on any atom is 0.214 e. The normalized spacial score (nSPS) is 33.5. The summed E-state index contributed by atoms with van der Waals surface area (Å²) >= 11 is 0. The molecule has 0 heterocycles. The van der Waals surface area contributed by atoms with E-state index in [2.05, 4.69) is 4.72 Å². The Morgan fingerprint density at radius 3 is 2.43 bits per heavy atom. The van der Waals surface area contributed by atoms with E-state index >= 15 is 0 Å². The van der Waals surface area contributed by atoms with Crippen LogP contribution in [-0.4, -0.2) is 26.3 Å². The second-order valence-corrected chi connectivity index (χ2v) is 6.58. The van der Waals surface area contributed by atoms with E-state index in [1.165, 1.54) is 0 Å². The van der Waals surface area contributed by atoms with Gasteiger partial charge in [0.25, 0.3) is 0 Å². The summed E-state index contributed by atoms with van der Waals surface area (Å²) < 4.78 is 25.7. The molecule has 82 valence electrons. The molecule has 2 aliphatic carbocycles. The molecule has 2 rings (SSSR count). The molecule has 0 spiro atoms. The molecule has 2 aliphatic rings. The average molecular weight is 218 g/mol. The van der Waals surface area contributed by atoms with Crippen LogP contribution < -0.4 is 10.5 Å². The molecule has 0 amide bonds. The molecule has 0 saturated heterocycles. The maximum absolute atomic E-state index is 11.5. The van der Waals surface area contributed by atoms with Gasteiger partial charge >= 0.3 is 0 Å². The predicted octanol–water partition coefficient (Wildman–Crippen LogP) is 0.196. The zero-order valence-electron chi connectivity index (χ0n) is 8.28. The molecule has 2 atom stereocenters. The van der Waals surface area contributed by atoms with E-state index in [-0.39, 0.29) is 11.3 Å². The molecule has 0 aromatic rings. The van der Waals surface area contributed by atoms with Crippen LogP contribution in [0.15, 0.2) is 0 Å². The van der Waals surface area contributed by atoms with Crippen molar-refractivity contribution in [2.45, 2.75) is 43.4 Å². The highest BCUT2D eigenvalue weighted by molar-refractivity contribution is 7.90. The summed E-state index contributed by atoms with van der Waals surface area (Å²) in [5, 5.41) is -0.0995. The lowest BCUT2D eigenvalue weighted by atomic mass is 10.1. The molecular weight excluding hydrogens is 200 g/mol. The van der Waals surface area contributed by atoms with Gasteiger partial charge < -0.3 is 5.73 Å². The highest BCUT2D eigenvalue weighted by Gasteiger charge is 2.36. The highest BCUT2D eigenvalue weighted by atomic mass is 32.2. The Bertz CT molecular complexity index is 298. The topological polar surface area (TPSA) is 72.2 Å². The van der Waals surface area contributed by atoms with Crippen LogP contribution in [0.5, 0.6) is 0 Å². The van der Waals surface area contributed by atoms with Gasteiger partial charge in [-0.2, -0.15) is 0 Å². The van der Waals surface area contributed by atoms with Crippen LogP contribution in [0, 0.1) is 5.92 Å². The zero-order valence-corrected chi connectivity index (χ0v) is 9.09. The van der Waals surface area contributed by atoms with E-state index in [0.717, 1.165) is 32.1 Å². The largest absolute Gasteiger partial charge is 0.328 e. The van der Waals surface area contributed by atoms with Crippen molar-refractivity contribution in [3.8, 4) is 0 Å². The number of hydrogen-bond donors (Lipinski definition) is 2. The first-order chi connectivity index (χ1) is 6.58. The van der Waals surface area contributed by atoms with E-state index in [1.54, 1.807) is 0 Å². The fourth-order valence-electron chi connectivity index (χ4n) is 2.03. The third-order valence-electron chi connectivity index (χ3n) is 3.12. The van der Waals surface area contributed by atoms with Crippen LogP contribution in [0.1, 0.15) is 32.1 Å². The Labute approximate surface area is 85.3 Å². The summed E-state index contributed by atoms with van der Waals surface area (Å²) in [5.41, 5.74) is 5.76. The standard InChI is InChI=1S/C9H18N2O2S/c10-8-2-1-7(5-8)6-11-14(12,13)9-3-4-9/h7-9,11H,1-6,10H2. The zero-order chi connectivity index (χ0) is 10.2. The number of sulfonamides is 1. The van der Waals surface area contributed by atoms with E-state index in [1.807, 2.05) is 0 Å². The molecule has 5 heteroatoms. The van der Waals surface area contributed by atoms with Crippen LogP contribution in [0.25, 0.3) is 0 Å². The van der Waals surface area contributed by atoms with Crippen LogP contribution >= 0.6 is 0 Å². The fraction of sp³-hybridized carbons (Fsp3) is 1.00. The van der Waals surface area contributed by atoms with E-state index in [4.69, 9.17) is 5.73 Å². The number of hydrogen-bond acceptors (Lipinski definition) is 3. The van der Waals surface area contributed by atoms with Crippen molar-refractivity contribution >= 4 is 10.0 Å². The van der Waals surface area contributed by atoms with Crippen molar-refractivity contribution in [1.29, 1.82) is 0 Å². The van der Waals surface area contributed by atoms with Gasteiger partial charge in [0.2, 0.25) is 10.0 Å². The molecule has 4 nitrogen and oxygen atoms in total. The Kier molecular flexibility index (Phi) is 2.81. The summed E-state index contributed by atoms with van der Waals surface area (Å²) in [7, 11) is -2.98. The Balaban J connectivity index is 1.76. The van der Waals surface area contributed by atoms with E-state index in [0.29, 0.717) is 12.5 Å². The minimum Gasteiger partial charge on any atom is -0.328 e. The van der Waals surface area contributed by atoms with Crippen molar-refractivity contribution in [3.63, 3.8) is 0 Å². The summed E-state index contributed by atoms with van der Waals surface area (Å²) in [5.74, 6) is 0.457. The first-order valence-electron chi connectivity index (χ1n) is 5.32. The van der Waals surface area contributed by atoms with Crippen molar-refractivity contribution in [3.05, 3.63) is 0 Å². The van der Waals surface area contributed by atoms with E-state index in [9.17, 15) is 8.42 Å². The van der Waals surface area contributed by atoms with Gasteiger partial charge in [0.15, 0.2) is 0 Å². The van der Waals surface area contributed by atoms with Gasteiger partial charge in [-0.1, -0.05) is 0 Å². The van der Waals surface area contributed by atoms with Gasteiger partial charge in [0, 0.05) is 12.6 Å². The summed E-state index contributed by atoms with van der Waals surface area (Å²) in [6.07, 6.45) is 4.73. The minimum absolute atomic E-state index is 0.0995. The van der Waals surface area contributed by atoms with Gasteiger partial charge in [0.05, 0.1) is 5.25 Å². The Hall–Kier alpha value is -0.130. The molecule has 0 radical (unpaired) electrons. The molecule has 0 aromatic carbocycles. The molecule has 2 unspecified atom stereocenters. The molecular formula is C9H18N2O2S. The van der Waals surface area contributed by atoms with Crippen LogP contribution in [-0.2, 0) is 10.0 Å². The highest BCUT2D eigenvalue weighted by Crippen LogP contribution is 2.28. The minimum atomic E-state index is -2.98. The smallest absolute Gasteiger partial charge is 0.214 e. The molecule has 2 saturated carbocycles. The molecule has 3 N–H and O–H groups in total. The second kappa shape index (κ2) is 3.79. The molecule has 0 aromatic heterocycles. The lowest BCUT2D eigenvalue weighted by Crippen LogP contribution is -2.31. The quantitative estimate of drug-likeness (QED) is 0.708. The lowest BCUT2D eigenvalue weighted by molar-refractivity contribution is 0.512. The number of nitrogens with one attached hydrogen (secondary N) is 1. The first kappa shape index (κ1) is 10.4. The van der Waals surface area contributed by atoms with Crippen LogP contribution in [0.3, 0.4) is 0 Å². The summed E-state index contributed by atoms with van der Waals surface area (Å²) in [6.45, 7) is 0.590. The van der Waals surface area contributed by atoms with Crippen molar-refractivity contribution < 1.29 is 8.42 Å². The second-order valence-electron chi connectivity index (χ2n) is 4.53. The molecule has 2 fully saturated rings. The third-order valence-corrected chi connectivity index (χ3v) is 5.04. The van der Waals surface area contributed by atoms with Crippen LogP contribution in [0.2, 0.25) is 0 Å². The monoisotopic (exact) mass is 218 g/mol. The summed E-state index contributed by atoms with van der Waals surface area (Å²) in [6, 6.07) is 0.283. The molecule has 14 heavy (non-hydrogen) atoms. The SMILES string of the molecule is NC1CCC(CNS(=O)(=O)C2CC2)C1. The van der Waals surface area contributed by atoms with Gasteiger partial charge in [-0.3, -0.25) is 0 Å². The third kappa shape index (κ3) is 2.46. The van der Waals surface area contributed by atoms with Crippen molar-refractivity contribution in [2.75, 3.05) is 6.54 Å². The van der Waals surface area contributed by atoms with Gasteiger partial charge in [-0.05, 0) is 38.0 Å². The predicted molar refractivity (Wildman–Crippen MR) is 55.3 cm³/mol.